The van der Waals surface area contributed by atoms with Gasteiger partial charge in [-0.1, -0.05) is 37.9 Å². The van der Waals surface area contributed by atoms with Crippen LogP contribution in [0.5, 0.6) is 0 Å². The second-order valence-electron chi connectivity index (χ2n) is 8.18. The summed E-state index contributed by atoms with van der Waals surface area (Å²) in [5.41, 5.74) is 0.676. The van der Waals surface area contributed by atoms with E-state index in [0.29, 0.717) is 29.5 Å². The first-order valence-corrected chi connectivity index (χ1v) is 17.6. The third kappa shape index (κ3) is 14.1. The Hall–Kier alpha value is -0.730. The molecule has 0 unspecified atom stereocenters. The van der Waals surface area contributed by atoms with Crippen LogP contribution in [0, 0.1) is 11.6 Å². The van der Waals surface area contributed by atoms with Gasteiger partial charge in [0.2, 0.25) is 0 Å². The molecule has 2 aromatic rings. The summed E-state index contributed by atoms with van der Waals surface area (Å²) in [7, 11) is 0. The second-order valence-corrected chi connectivity index (χ2v) is 14.0. The number of thiol groups is 2. The smallest absolute Gasteiger partial charge is 0.306 e. The number of hydrogen-bond acceptors (Lipinski definition) is 9. The summed E-state index contributed by atoms with van der Waals surface area (Å²) in [6.07, 6.45) is 0.850. The summed E-state index contributed by atoms with van der Waals surface area (Å²) in [4.78, 5) is 34.2. The van der Waals surface area contributed by atoms with Gasteiger partial charge in [0.15, 0.2) is 5.78 Å². The van der Waals surface area contributed by atoms with Crippen LogP contribution in [0.4, 0.5) is 8.78 Å². The maximum absolute atomic E-state index is 14.2. The van der Waals surface area contributed by atoms with E-state index in [-0.39, 0.29) is 40.9 Å². The molecule has 13 heteroatoms. The third-order valence-electron chi connectivity index (χ3n) is 5.25. The van der Waals surface area contributed by atoms with Crippen molar-refractivity contribution in [3.8, 4) is 0 Å². The van der Waals surface area contributed by atoms with Crippen LogP contribution < -0.4 is 0 Å². The Morgan fingerprint density at radius 1 is 0.829 bits per heavy atom. The molecule has 0 N–H and O–H groups in total. The summed E-state index contributed by atoms with van der Waals surface area (Å²) in [5.74, 6) is 1.84. The van der Waals surface area contributed by atoms with Gasteiger partial charge in [0.1, 0.15) is 11.6 Å². The van der Waals surface area contributed by atoms with E-state index >= 15 is 0 Å². The highest BCUT2D eigenvalue weighted by atomic mass is 79.9. The molecule has 0 spiro atoms. The second kappa shape index (κ2) is 21.1. The van der Waals surface area contributed by atoms with E-state index in [1.807, 2.05) is 12.1 Å². The average Bonchev–Trinajstić information content (AvgIpc) is 3.41. The highest BCUT2D eigenvalue weighted by Gasteiger charge is 2.39. The summed E-state index contributed by atoms with van der Waals surface area (Å²) in [6, 6.07) is 9.35. The summed E-state index contributed by atoms with van der Waals surface area (Å²) >= 11 is 17.5. The van der Waals surface area contributed by atoms with Gasteiger partial charge in [-0.15, -0.1) is 23.5 Å². The fourth-order valence-corrected chi connectivity index (χ4v) is 7.45. The molecule has 0 aliphatic carbocycles. The molecule has 0 atom stereocenters. The highest BCUT2D eigenvalue weighted by molar-refractivity contribution is 9.10. The van der Waals surface area contributed by atoms with E-state index < -0.39 is 17.6 Å². The van der Waals surface area contributed by atoms with E-state index in [2.05, 4.69) is 61.9 Å². The lowest BCUT2D eigenvalue weighted by atomic mass is 10.1. The van der Waals surface area contributed by atoms with Gasteiger partial charge in [0.05, 0.1) is 29.3 Å². The van der Waals surface area contributed by atoms with Crippen molar-refractivity contribution in [3.63, 3.8) is 0 Å². The molecule has 3 rings (SSSR count). The molecule has 41 heavy (non-hydrogen) atoms. The quantitative estimate of drug-likeness (QED) is 0.135. The third-order valence-corrected chi connectivity index (χ3v) is 10.6. The van der Waals surface area contributed by atoms with Gasteiger partial charge < -0.3 is 9.47 Å². The van der Waals surface area contributed by atoms with Crippen LogP contribution in [0.1, 0.15) is 55.5 Å². The number of Topliss-reactive ketones (excluding diaryl/α,β-unsaturated/α-hetero) is 1. The number of halogens is 4. The standard InChI is InChI=1S/C14H16BrFO2S2.C12H12BrFO3.C2H6S2/c1-2-18-13(17)5-6-14(19-7-8-20-14)11-4-3-10(15)9-12(11)16;1-2-17-12(16)6-5-11(15)9-4-3-8(13)7-10(9)14;3-1-2-4/h3-4,9H,2,5-8H2,1H3;3-4,7H,2,5-6H2,1H3;3-4H,1-2H2. The number of carbonyl (C=O) groups excluding carboxylic acids is 3. The number of benzene rings is 2. The number of ether oxygens (including phenoxy) is 2. The van der Waals surface area contributed by atoms with Gasteiger partial charge in [0, 0.05) is 38.9 Å². The summed E-state index contributed by atoms with van der Waals surface area (Å²) in [5, 5.41) is 0. The monoisotopic (exact) mass is 774 g/mol. The van der Waals surface area contributed by atoms with Crippen LogP contribution >= 0.6 is 80.6 Å². The minimum Gasteiger partial charge on any atom is -0.466 e. The lowest BCUT2D eigenvalue weighted by Gasteiger charge is -2.28. The van der Waals surface area contributed by atoms with E-state index in [1.54, 1.807) is 43.4 Å². The Morgan fingerprint density at radius 2 is 1.34 bits per heavy atom. The zero-order valence-corrected chi connectivity index (χ0v) is 29.4. The van der Waals surface area contributed by atoms with Gasteiger partial charge in [-0.2, -0.15) is 25.3 Å². The number of carbonyl (C=O) groups is 3. The topological polar surface area (TPSA) is 69.7 Å². The number of thioether (sulfide) groups is 2. The van der Waals surface area contributed by atoms with Crippen molar-refractivity contribution in [1.29, 1.82) is 0 Å². The molecular formula is C28H34Br2F2O5S4. The van der Waals surface area contributed by atoms with Gasteiger partial charge in [-0.3, -0.25) is 14.4 Å². The Labute approximate surface area is 277 Å². The summed E-state index contributed by atoms with van der Waals surface area (Å²) in [6.45, 7) is 4.15. The van der Waals surface area contributed by atoms with Crippen molar-refractivity contribution >= 4 is 98.4 Å². The van der Waals surface area contributed by atoms with E-state index in [9.17, 15) is 23.2 Å². The van der Waals surface area contributed by atoms with Gasteiger partial charge in [0.25, 0.3) is 0 Å². The van der Waals surface area contributed by atoms with E-state index in [1.165, 1.54) is 18.2 Å². The van der Waals surface area contributed by atoms with Gasteiger partial charge >= 0.3 is 11.9 Å². The first kappa shape index (κ1) is 38.3. The molecule has 0 amide bonds. The van der Waals surface area contributed by atoms with Crippen LogP contribution in [-0.2, 0) is 23.1 Å². The normalized spacial score (nSPS) is 13.3. The molecule has 0 radical (unpaired) electrons. The van der Waals surface area contributed by atoms with Crippen molar-refractivity contribution in [2.75, 3.05) is 36.2 Å². The fraction of sp³-hybridized carbons (Fsp3) is 0.464. The first-order chi connectivity index (χ1) is 19.5. The number of hydrogen-bond donors (Lipinski definition) is 2. The minimum atomic E-state index is -0.590. The zero-order chi connectivity index (χ0) is 30.8. The highest BCUT2D eigenvalue weighted by Crippen LogP contribution is 2.55. The molecule has 5 nitrogen and oxygen atoms in total. The van der Waals surface area contributed by atoms with Crippen molar-refractivity contribution in [1.82, 2.24) is 0 Å². The number of ketones is 1. The lowest BCUT2D eigenvalue weighted by molar-refractivity contribution is -0.144. The molecule has 1 aliphatic heterocycles. The lowest BCUT2D eigenvalue weighted by Crippen LogP contribution is -2.19. The van der Waals surface area contributed by atoms with Crippen LogP contribution in [0.15, 0.2) is 45.3 Å². The van der Waals surface area contributed by atoms with Crippen LogP contribution in [0.3, 0.4) is 0 Å². The van der Waals surface area contributed by atoms with Crippen molar-refractivity contribution in [2.45, 2.75) is 43.6 Å². The van der Waals surface area contributed by atoms with Crippen LogP contribution in [0.25, 0.3) is 0 Å². The van der Waals surface area contributed by atoms with Crippen molar-refractivity contribution in [3.05, 3.63) is 68.1 Å². The van der Waals surface area contributed by atoms with Gasteiger partial charge in [-0.05, 0) is 62.1 Å². The molecule has 0 aromatic heterocycles. The minimum absolute atomic E-state index is 0.00232. The van der Waals surface area contributed by atoms with Crippen LogP contribution in [0.2, 0.25) is 0 Å². The SMILES string of the molecule is CCOC(=O)CCC(=O)c1ccc(Br)cc1F.CCOC(=O)CCC1(c2ccc(Br)cc2F)SCCS1.SCCS. The maximum atomic E-state index is 14.2. The summed E-state index contributed by atoms with van der Waals surface area (Å²) < 4.78 is 38.2. The molecule has 1 heterocycles. The molecule has 2 aromatic carbocycles. The number of rotatable bonds is 11. The molecule has 1 fully saturated rings. The molecular weight excluding hydrogens is 742 g/mol. The largest absolute Gasteiger partial charge is 0.466 e. The van der Waals surface area contributed by atoms with Gasteiger partial charge in [-0.25, -0.2) is 8.78 Å². The molecule has 228 valence electrons. The Morgan fingerprint density at radius 3 is 1.83 bits per heavy atom. The average molecular weight is 777 g/mol. The van der Waals surface area contributed by atoms with E-state index in [4.69, 9.17) is 4.74 Å². The Bertz CT molecular complexity index is 1130. The predicted octanol–water partition coefficient (Wildman–Crippen LogP) is 8.52. The Kier molecular flexibility index (Phi) is 19.7. The Balaban J connectivity index is 0.000000367. The molecule has 0 bridgehead atoms. The predicted molar refractivity (Wildman–Crippen MR) is 179 cm³/mol. The number of esters is 2. The fourth-order valence-electron chi connectivity index (χ4n) is 3.49. The van der Waals surface area contributed by atoms with E-state index in [0.717, 1.165) is 27.5 Å². The first-order valence-electron chi connectivity index (χ1n) is 12.8. The molecule has 0 saturated carbocycles. The maximum Gasteiger partial charge on any atom is 0.306 e. The molecule has 1 aliphatic rings. The van der Waals surface area contributed by atoms with Crippen molar-refractivity contribution in [2.24, 2.45) is 0 Å². The van der Waals surface area contributed by atoms with Crippen molar-refractivity contribution < 1.29 is 32.6 Å². The van der Waals surface area contributed by atoms with Crippen LogP contribution in [-0.4, -0.2) is 53.9 Å². The molecule has 1 saturated heterocycles. The zero-order valence-electron chi connectivity index (χ0n) is 22.8.